The molecule has 2 N–H and O–H groups in total. The van der Waals surface area contributed by atoms with Crippen molar-refractivity contribution in [1.82, 2.24) is 4.90 Å². The van der Waals surface area contributed by atoms with Crippen LogP contribution in [0.2, 0.25) is 0 Å². The molecule has 1 fully saturated rings. The summed E-state index contributed by atoms with van der Waals surface area (Å²) < 4.78 is 0. The molecule has 0 saturated carbocycles. The van der Waals surface area contributed by atoms with Crippen molar-refractivity contribution in [3.8, 4) is 0 Å². The van der Waals surface area contributed by atoms with Gasteiger partial charge >= 0.3 is 0 Å². The third kappa shape index (κ3) is 2.71. The molecule has 3 heteroatoms. The molecule has 15 heavy (non-hydrogen) atoms. The monoisotopic (exact) mass is 212 g/mol. The van der Waals surface area contributed by atoms with E-state index >= 15 is 0 Å². The van der Waals surface area contributed by atoms with Crippen molar-refractivity contribution in [2.75, 3.05) is 19.6 Å². The van der Waals surface area contributed by atoms with Crippen molar-refractivity contribution in [2.24, 2.45) is 23.0 Å². The SMILES string of the molecule is CC(C)C(C)C(=O)N1CCC(C)(CN)C1. The number of nitrogens with two attached hydrogens (primary N) is 1. The molecule has 2 atom stereocenters. The lowest BCUT2D eigenvalue weighted by Crippen LogP contribution is -2.38. The Hall–Kier alpha value is -0.570. The average molecular weight is 212 g/mol. The normalized spacial score (nSPS) is 28.5. The van der Waals surface area contributed by atoms with E-state index in [1.54, 1.807) is 0 Å². The summed E-state index contributed by atoms with van der Waals surface area (Å²) in [6.07, 6.45) is 1.04. The van der Waals surface area contributed by atoms with E-state index < -0.39 is 0 Å². The molecule has 1 heterocycles. The first-order valence-corrected chi connectivity index (χ1v) is 5.88. The van der Waals surface area contributed by atoms with Gasteiger partial charge in [0, 0.05) is 19.0 Å². The van der Waals surface area contributed by atoms with E-state index in [1.165, 1.54) is 0 Å². The Bertz CT molecular complexity index is 240. The van der Waals surface area contributed by atoms with Gasteiger partial charge in [0.05, 0.1) is 0 Å². The molecule has 0 aromatic heterocycles. The molecule has 1 saturated heterocycles. The second kappa shape index (κ2) is 4.52. The van der Waals surface area contributed by atoms with Crippen LogP contribution in [0, 0.1) is 17.3 Å². The van der Waals surface area contributed by atoms with Crippen LogP contribution in [-0.4, -0.2) is 30.4 Å². The molecule has 1 rings (SSSR count). The van der Waals surface area contributed by atoms with Crippen molar-refractivity contribution in [1.29, 1.82) is 0 Å². The summed E-state index contributed by atoms with van der Waals surface area (Å²) in [5, 5.41) is 0. The van der Waals surface area contributed by atoms with Crippen LogP contribution in [0.1, 0.15) is 34.1 Å². The van der Waals surface area contributed by atoms with Gasteiger partial charge in [-0.15, -0.1) is 0 Å². The van der Waals surface area contributed by atoms with E-state index in [1.807, 2.05) is 11.8 Å². The van der Waals surface area contributed by atoms with Gasteiger partial charge in [0.25, 0.3) is 0 Å². The van der Waals surface area contributed by atoms with E-state index in [0.717, 1.165) is 19.5 Å². The molecular weight excluding hydrogens is 188 g/mol. The first-order chi connectivity index (χ1) is 6.89. The number of hydrogen-bond acceptors (Lipinski definition) is 2. The van der Waals surface area contributed by atoms with Crippen molar-refractivity contribution in [2.45, 2.75) is 34.1 Å². The topological polar surface area (TPSA) is 46.3 Å². The minimum Gasteiger partial charge on any atom is -0.342 e. The minimum absolute atomic E-state index is 0.130. The van der Waals surface area contributed by atoms with E-state index in [4.69, 9.17) is 5.73 Å². The number of amides is 1. The maximum atomic E-state index is 12.1. The maximum Gasteiger partial charge on any atom is 0.225 e. The van der Waals surface area contributed by atoms with Gasteiger partial charge in [-0.05, 0) is 24.3 Å². The first kappa shape index (κ1) is 12.5. The number of carbonyl (C=O) groups excluding carboxylic acids is 1. The Morgan fingerprint density at radius 1 is 1.47 bits per heavy atom. The predicted octanol–water partition coefficient (Wildman–Crippen LogP) is 1.48. The summed E-state index contributed by atoms with van der Waals surface area (Å²) in [4.78, 5) is 14.1. The molecule has 0 aromatic carbocycles. The Morgan fingerprint density at radius 2 is 2.07 bits per heavy atom. The van der Waals surface area contributed by atoms with E-state index in [9.17, 15) is 4.79 Å². The predicted molar refractivity (Wildman–Crippen MR) is 62.4 cm³/mol. The van der Waals surface area contributed by atoms with Gasteiger partial charge in [0.1, 0.15) is 0 Å². The molecule has 1 aliphatic heterocycles. The number of hydrogen-bond donors (Lipinski definition) is 1. The molecule has 1 amide bonds. The highest BCUT2D eigenvalue weighted by atomic mass is 16.2. The molecule has 0 spiro atoms. The van der Waals surface area contributed by atoms with Crippen LogP contribution >= 0.6 is 0 Å². The summed E-state index contributed by atoms with van der Waals surface area (Å²) in [6.45, 7) is 10.8. The van der Waals surface area contributed by atoms with Crippen LogP contribution in [0.5, 0.6) is 0 Å². The van der Waals surface area contributed by atoms with E-state index in [0.29, 0.717) is 18.4 Å². The molecule has 3 nitrogen and oxygen atoms in total. The van der Waals surface area contributed by atoms with Gasteiger partial charge < -0.3 is 10.6 Å². The zero-order valence-corrected chi connectivity index (χ0v) is 10.4. The van der Waals surface area contributed by atoms with Crippen molar-refractivity contribution in [3.63, 3.8) is 0 Å². The van der Waals surface area contributed by atoms with Crippen LogP contribution in [0.25, 0.3) is 0 Å². The number of nitrogens with zero attached hydrogens (tertiary/aromatic N) is 1. The molecule has 88 valence electrons. The Kier molecular flexibility index (Phi) is 3.77. The third-order valence-corrected chi connectivity index (χ3v) is 3.75. The van der Waals surface area contributed by atoms with Gasteiger partial charge in [0.15, 0.2) is 0 Å². The van der Waals surface area contributed by atoms with Gasteiger partial charge in [-0.2, -0.15) is 0 Å². The lowest BCUT2D eigenvalue weighted by molar-refractivity contribution is -0.135. The molecule has 0 radical (unpaired) electrons. The fourth-order valence-electron chi connectivity index (χ4n) is 1.95. The molecular formula is C12H24N2O. The fraction of sp³-hybridized carbons (Fsp3) is 0.917. The summed E-state index contributed by atoms with van der Waals surface area (Å²) in [5.74, 6) is 0.842. The molecule has 0 aliphatic carbocycles. The zero-order chi connectivity index (χ0) is 11.6. The minimum atomic E-state index is 0.130. The van der Waals surface area contributed by atoms with E-state index in [-0.39, 0.29) is 11.3 Å². The molecule has 1 aliphatic rings. The molecule has 0 aromatic rings. The Balaban J connectivity index is 2.57. The zero-order valence-electron chi connectivity index (χ0n) is 10.4. The highest BCUT2D eigenvalue weighted by molar-refractivity contribution is 5.79. The van der Waals surface area contributed by atoms with Crippen LogP contribution < -0.4 is 5.73 Å². The van der Waals surface area contributed by atoms with Gasteiger partial charge in [-0.25, -0.2) is 0 Å². The standard InChI is InChI=1S/C12H24N2O/c1-9(2)10(3)11(15)14-6-5-12(4,7-13)8-14/h9-10H,5-8,13H2,1-4H3. The summed E-state index contributed by atoms with van der Waals surface area (Å²) >= 11 is 0. The van der Waals surface area contributed by atoms with Crippen LogP contribution in [0.4, 0.5) is 0 Å². The number of likely N-dealkylation sites (tertiary alicyclic amines) is 1. The maximum absolute atomic E-state index is 12.1. The highest BCUT2D eigenvalue weighted by Crippen LogP contribution is 2.30. The van der Waals surface area contributed by atoms with E-state index in [2.05, 4.69) is 20.8 Å². The first-order valence-electron chi connectivity index (χ1n) is 5.88. The fourth-order valence-corrected chi connectivity index (χ4v) is 1.95. The van der Waals surface area contributed by atoms with Gasteiger partial charge in [-0.3, -0.25) is 4.79 Å². The van der Waals surface area contributed by atoms with Crippen LogP contribution in [-0.2, 0) is 4.79 Å². The Labute approximate surface area is 93.0 Å². The van der Waals surface area contributed by atoms with Crippen molar-refractivity contribution < 1.29 is 4.79 Å². The average Bonchev–Trinajstić information content (AvgIpc) is 2.59. The number of carbonyl (C=O) groups is 1. The van der Waals surface area contributed by atoms with Crippen molar-refractivity contribution in [3.05, 3.63) is 0 Å². The van der Waals surface area contributed by atoms with Crippen molar-refractivity contribution >= 4 is 5.91 Å². The van der Waals surface area contributed by atoms with Gasteiger partial charge in [-0.1, -0.05) is 27.7 Å². The summed E-state index contributed by atoms with van der Waals surface area (Å²) in [6, 6.07) is 0. The lowest BCUT2D eigenvalue weighted by Gasteiger charge is -2.26. The van der Waals surface area contributed by atoms with Crippen LogP contribution in [0.15, 0.2) is 0 Å². The highest BCUT2D eigenvalue weighted by Gasteiger charge is 2.36. The lowest BCUT2D eigenvalue weighted by atomic mass is 9.90. The van der Waals surface area contributed by atoms with Gasteiger partial charge in [0.2, 0.25) is 5.91 Å². The Morgan fingerprint density at radius 3 is 2.47 bits per heavy atom. The second-order valence-corrected chi connectivity index (χ2v) is 5.56. The summed E-state index contributed by atoms with van der Waals surface area (Å²) in [5.41, 5.74) is 5.87. The quantitative estimate of drug-likeness (QED) is 0.770. The third-order valence-electron chi connectivity index (χ3n) is 3.75. The molecule has 2 unspecified atom stereocenters. The largest absolute Gasteiger partial charge is 0.342 e. The van der Waals surface area contributed by atoms with Crippen LogP contribution in [0.3, 0.4) is 0 Å². The molecule has 0 bridgehead atoms. The second-order valence-electron chi connectivity index (χ2n) is 5.56. The summed E-state index contributed by atoms with van der Waals surface area (Å²) in [7, 11) is 0. The smallest absolute Gasteiger partial charge is 0.225 e. The number of rotatable bonds is 3.